The fourth-order valence-electron chi connectivity index (χ4n) is 2.78. The molecule has 138 valence electrons. The predicted molar refractivity (Wildman–Crippen MR) is 118 cm³/mol. The lowest BCUT2D eigenvalue weighted by Gasteiger charge is -2.11. The average molecular weight is 397 g/mol. The fraction of sp³-hybridized carbons (Fsp3) is 0.143. The van der Waals surface area contributed by atoms with Crippen LogP contribution in [0.15, 0.2) is 72.0 Å². The van der Waals surface area contributed by atoms with Gasteiger partial charge in [0.1, 0.15) is 0 Å². The molecule has 0 saturated heterocycles. The van der Waals surface area contributed by atoms with Crippen LogP contribution in [0.5, 0.6) is 0 Å². The first-order chi connectivity index (χ1) is 13.2. The third-order valence-corrected chi connectivity index (χ3v) is 4.54. The molecule has 0 amide bonds. The molecule has 1 heterocycles. The second-order valence-electron chi connectivity index (χ2n) is 6.03. The molecule has 6 heteroatoms. The van der Waals surface area contributed by atoms with E-state index < -0.39 is 0 Å². The van der Waals surface area contributed by atoms with Gasteiger partial charge in [-0.25, -0.2) is 0 Å². The number of benzene rings is 2. The number of hydrazone groups is 1. The lowest BCUT2D eigenvalue weighted by molar-refractivity contribution is 0.799. The molecule has 27 heavy (non-hydrogen) atoms. The summed E-state index contributed by atoms with van der Waals surface area (Å²) in [6.45, 7) is 2.84. The monoisotopic (exact) mass is 396 g/mol. The van der Waals surface area contributed by atoms with Crippen LogP contribution in [0.3, 0.4) is 0 Å². The second kappa shape index (κ2) is 9.35. The van der Waals surface area contributed by atoms with E-state index in [9.17, 15) is 0 Å². The van der Waals surface area contributed by atoms with Gasteiger partial charge >= 0.3 is 0 Å². The number of hydrogen-bond acceptors (Lipinski definition) is 2. The summed E-state index contributed by atoms with van der Waals surface area (Å²) in [5, 5.41) is 8.64. The first kappa shape index (κ1) is 19.1. The molecule has 0 radical (unpaired) electrons. The molecule has 0 bridgehead atoms. The van der Waals surface area contributed by atoms with Crippen LogP contribution in [0.25, 0.3) is 0 Å². The van der Waals surface area contributed by atoms with Gasteiger partial charge in [0, 0.05) is 23.5 Å². The first-order valence-electron chi connectivity index (χ1n) is 8.73. The number of nitrogens with zero attached hydrogens (tertiary/aromatic N) is 2. The number of halogens is 1. The Labute approximate surface area is 169 Å². The molecule has 0 aliphatic carbocycles. The third kappa shape index (κ3) is 5.42. The van der Waals surface area contributed by atoms with Crippen LogP contribution in [-0.2, 0) is 13.0 Å². The zero-order chi connectivity index (χ0) is 19.1. The van der Waals surface area contributed by atoms with Crippen LogP contribution in [0, 0.1) is 0 Å². The van der Waals surface area contributed by atoms with Crippen LogP contribution in [0.1, 0.15) is 23.7 Å². The van der Waals surface area contributed by atoms with Gasteiger partial charge in [-0.15, -0.1) is 0 Å². The van der Waals surface area contributed by atoms with E-state index in [1.807, 2.05) is 54.7 Å². The van der Waals surface area contributed by atoms with Crippen LogP contribution in [0.4, 0.5) is 5.69 Å². The minimum Gasteiger partial charge on any atom is -0.342 e. The highest BCUT2D eigenvalue weighted by Gasteiger charge is 2.03. The molecule has 0 spiro atoms. The van der Waals surface area contributed by atoms with Gasteiger partial charge in [0.05, 0.1) is 11.9 Å². The molecule has 0 aliphatic rings. The maximum absolute atomic E-state index is 6.06. The number of para-hydroxylation sites is 1. The third-order valence-electron chi connectivity index (χ3n) is 4.12. The van der Waals surface area contributed by atoms with Crippen LogP contribution < -0.4 is 10.7 Å². The highest BCUT2D eigenvalue weighted by molar-refractivity contribution is 7.80. The van der Waals surface area contributed by atoms with Crippen LogP contribution >= 0.6 is 23.8 Å². The molecule has 0 unspecified atom stereocenters. The number of hydrogen-bond donors (Lipinski definition) is 2. The van der Waals surface area contributed by atoms with Crippen molar-refractivity contribution < 1.29 is 0 Å². The summed E-state index contributed by atoms with van der Waals surface area (Å²) in [5.74, 6) is 0. The van der Waals surface area contributed by atoms with Gasteiger partial charge in [0.15, 0.2) is 5.11 Å². The molecule has 0 aliphatic heterocycles. The van der Waals surface area contributed by atoms with Gasteiger partial charge in [-0.05, 0) is 60.1 Å². The molecule has 2 N–H and O–H groups in total. The molecule has 4 nitrogen and oxygen atoms in total. The Kier molecular flexibility index (Phi) is 6.63. The zero-order valence-electron chi connectivity index (χ0n) is 15.0. The lowest BCUT2D eigenvalue weighted by Crippen LogP contribution is -2.24. The van der Waals surface area contributed by atoms with Crippen molar-refractivity contribution in [2.45, 2.75) is 19.9 Å². The van der Waals surface area contributed by atoms with Gasteiger partial charge in [-0.3, -0.25) is 5.43 Å². The molecular formula is C21H21ClN4S. The molecule has 3 aromatic rings. The zero-order valence-corrected chi connectivity index (χ0v) is 16.6. The number of aryl methyl sites for hydroxylation is 1. The Balaban J connectivity index is 1.60. The SMILES string of the molecule is CCc1ccccc1NC(=S)N/N=C/c1cccn1Cc1cccc(Cl)c1. The Morgan fingerprint density at radius 1 is 1.15 bits per heavy atom. The Bertz CT molecular complexity index is 949. The van der Waals surface area contributed by atoms with Crippen molar-refractivity contribution in [1.82, 2.24) is 9.99 Å². The minimum atomic E-state index is 0.458. The number of nitrogens with one attached hydrogen (secondary N) is 2. The number of anilines is 1. The van der Waals surface area contributed by atoms with Crippen molar-refractivity contribution in [3.8, 4) is 0 Å². The number of aromatic nitrogens is 1. The van der Waals surface area contributed by atoms with Crippen molar-refractivity contribution in [3.63, 3.8) is 0 Å². The van der Waals surface area contributed by atoms with E-state index in [4.69, 9.17) is 23.8 Å². The summed E-state index contributed by atoms with van der Waals surface area (Å²) in [6.07, 6.45) is 4.70. The fourth-order valence-corrected chi connectivity index (χ4v) is 3.15. The quantitative estimate of drug-likeness (QED) is 0.347. The smallest absolute Gasteiger partial charge is 0.191 e. The van der Waals surface area contributed by atoms with Crippen LogP contribution in [-0.4, -0.2) is 15.9 Å². The molecule has 3 rings (SSSR count). The Hall–Kier alpha value is -2.63. The average Bonchev–Trinajstić information content (AvgIpc) is 3.09. The maximum Gasteiger partial charge on any atom is 0.191 e. The Morgan fingerprint density at radius 3 is 2.81 bits per heavy atom. The summed E-state index contributed by atoms with van der Waals surface area (Å²) in [6, 6.07) is 19.9. The minimum absolute atomic E-state index is 0.458. The van der Waals surface area contributed by atoms with Gasteiger partial charge in [0.2, 0.25) is 0 Å². The standard InChI is InChI=1S/C21H21ClN4S/c1-2-17-8-3-4-11-20(17)24-21(27)25-23-14-19-10-6-12-26(19)15-16-7-5-9-18(22)13-16/h3-14H,2,15H2,1H3,(H2,24,25,27)/b23-14+. The van der Waals surface area contributed by atoms with Gasteiger partial charge in [0.25, 0.3) is 0 Å². The van der Waals surface area contributed by atoms with Crippen molar-refractivity contribution in [1.29, 1.82) is 0 Å². The molecular weight excluding hydrogens is 376 g/mol. The van der Waals surface area contributed by atoms with Crippen molar-refractivity contribution in [2.24, 2.45) is 5.10 Å². The van der Waals surface area contributed by atoms with E-state index in [1.165, 1.54) is 5.56 Å². The summed E-state index contributed by atoms with van der Waals surface area (Å²) in [4.78, 5) is 0. The predicted octanol–water partition coefficient (Wildman–Crippen LogP) is 5.07. The van der Waals surface area contributed by atoms with Gasteiger partial charge in [-0.1, -0.05) is 48.9 Å². The van der Waals surface area contributed by atoms with E-state index in [-0.39, 0.29) is 0 Å². The largest absolute Gasteiger partial charge is 0.342 e. The highest BCUT2D eigenvalue weighted by Crippen LogP contribution is 2.15. The van der Waals surface area contributed by atoms with E-state index >= 15 is 0 Å². The van der Waals surface area contributed by atoms with Gasteiger partial charge in [-0.2, -0.15) is 5.10 Å². The van der Waals surface area contributed by atoms with E-state index in [0.29, 0.717) is 5.11 Å². The topological polar surface area (TPSA) is 41.4 Å². The first-order valence-corrected chi connectivity index (χ1v) is 9.52. The summed E-state index contributed by atoms with van der Waals surface area (Å²) in [5.41, 5.74) is 7.19. The molecule has 1 aromatic heterocycles. The molecule has 0 atom stereocenters. The van der Waals surface area contributed by atoms with E-state index in [1.54, 1.807) is 6.21 Å². The van der Waals surface area contributed by atoms with Crippen molar-refractivity contribution in [3.05, 3.63) is 88.7 Å². The number of thiocarbonyl (C=S) groups is 1. The highest BCUT2D eigenvalue weighted by atomic mass is 35.5. The molecule has 0 saturated carbocycles. The van der Waals surface area contributed by atoms with Crippen LogP contribution in [0.2, 0.25) is 5.02 Å². The molecule has 0 fully saturated rings. The summed E-state index contributed by atoms with van der Waals surface area (Å²) in [7, 11) is 0. The second-order valence-corrected chi connectivity index (χ2v) is 6.87. The van der Waals surface area contributed by atoms with Gasteiger partial charge < -0.3 is 9.88 Å². The summed E-state index contributed by atoms with van der Waals surface area (Å²) < 4.78 is 2.10. The van der Waals surface area contributed by atoms with E-state index in [0.717, 1.165) is 34.9 Å². The molecule has 2 aromatic carbocycles. The lowest BCUT2D eigenvalue weighted by atomic mass is 10.1. The number of rotatable bonds is 6. The Morgan fingerprint density at radius 2 is 2.00 bits per heavy atom. The van der Waals surface area contributed by atoms with E-state index in [2.05, 4.69) is 39.5 Å². The summed E-state index contributed by atoms with van der Waals surface area (Å²) >= 11 is 11.4. The van der Waals surface area contributed by atoms with Crippen molar-refractivity contribution >= 4 is 40.8 Å². The van der Waals surface area contributed by atoms with Crippen molar-refractivity contribution in [2.75, 3.05) is 5.32 Å². The normalized spacial score (nSPS) is 10.9. The maximum atomic E-state index is 6.06.